The van der Waals surface area contributed by atoms with Crippen LogP contribution in [0.4, 0.5) is 0 Å². The van der Waals surface area contributed by atoms with Gasteiger partial charge in [0.25, 0.3) is 0 Å². The van der Waals surface area contributed by atoms with Crippen LogP contribution in [0.3, 0.4) is 0 Å². The maximum atomic E-state index is 11.9. The monoisotopic (exact) mass is 352 g/mol. The van der Waals surface area contributed by atoms with Gasteiger partial charge in [0.05, 0.1) is 5.94 Å². The second-order valence-corrected chi connectivity index (χ2v) is 5.76. The fraction of sp³-hybridized carbons (Fsp3) is 0.158. The minimum absolute atomic E-state index is 0.262. The maximum absolute atomic E-state index is 11.9. The average Bonchev–Trinajstić information content (AvgIpc) is 2.66. The van der Waals surface area contributed by atoms with Gasteiger partial charge in [-0.05, 0) is 17.5 Å². The summed E-state index contributed by atoms with van der Waals surface area (Å²) in [5, 5.41) is 24.0. The fourth-order valence-corrected chi connectivity index (χ4v) is 2.33. The Bertz CT molecular complexity index is 736. The highest BCUT2D eigenvalue weighted by Gasteiger charge is 2.24. The van der Waals surface area contributed by atoms with Gasteiger partial charge in [0.15, 0.2) is 0 Å². The van der Waals surface area contributed by atoms with Gasteiger partial charge in [-0.2, -0.15) is 0 Å². The maximum Gasteiger partial charge on any atom is 0.475 e. The highest BCUT2D eigenvalue weighted by atomic mass is 16.4. The minimum atomic E-state index is -1.71. The molecule has 2 aromatic carbocycles. The summed E-state index contributed by atoms with van der Waals surface area (Å²) in [6.45, 7) is 0.359. The van der Waals surface area contributed by atoms with Crippen LogP contribution in [0.5, 0.6) is 0 Å². The Morgan fingerprint density at radius 1 is 0.885 bits per heavy atom. The number of rotatable bonds is 8. The van der Waals surface area contributed by atoms with Crippen molar-refractivity contribution in [1.29, 1.82) is 0 Å². The first kappa shape index (κ1) is 19.4. The molecule has 0 aromatic heterocycles. The molecule has 0 heterocycles. The molecule has 1 atom stereocenters. The van der Waals surface area contributed by atoms with Crippen molar-refractivity contribution in [3.8, 4) is 0 Å². The largest absolute Gasteiger partial charge is 0.475 e. The van der Waals surface area contributed by atoms with E-state index in [-0.39, 0.29) is 6.42 Å². The van der Waals surface area contributed by atoms with Gasteiger partial charge < -0.3 is 20.7 Å². The summed E-state index contributed by atoms with van der Waals surface area (Å²) in [4.78, 5) is 23.7. The van der Waals surface area contributed by atoms with Crippen molar-refractivity contribution >= 4 is 18.9 Å². The number of nitrogens with one attached hydrogen (secondary N) is 2. The zero-order chi connectivity index (χ0) is 18.8. The van der Waals surface area contributed by atoms with Crippen molar-refractivity contribution in [2.24, 2.45) is 0 Å². The van der Waals surface area contributed by atoms with E-state index in [1.807, 2.05) is 60.7 Å². The van der Waals surface area contributed by atoms with E-state index < -0.39 is 24.9 Å². The Labute approximate surface area is 152 Å². The first-order chi connectivity index (χ1) is 12.5. The second-order valence-electron chi connectivity index (χ2n) is 5.76. The van der Waals surface area contributed by atoms with Crippen molar-refractivity contribution < 1.29 is 19.6 Å². The Morgan fingerprint density at radius 2 is 1.42 bits per heavy atom. The summed E-state index contributed by atoms with van der Waals surface area (Å²) >= 11 is 0. The van der Waals surface area contributed by atoms with Crippen molar-refractivity contribution in [3.05, 3.63) is 83.9 Å². The number of carbonyl (C=O) groups excluding carboxylic acids is 2. The van der Waals surface area contributed by atoms with Crippen LogP contribution >= 0.6 is 0 Å². The lowest BCUT2D eigenvalue weighted by atomic mass is 9.76. The molecule has 0 saturated heterocycles. The molecule has 0 saturated carbocycles. The molecule has 0 spiro atoms. The van der Waals surface area contributed by atoms with Crippen LogP contribution < -0.4 is 10.6 Å². The quantitative estimate of drug-likeness (QED) is 0.413. The van der Waals surface area contributed by atoms with Crippen LogP contribution in [0, 0.1) is 0 Å². The molecule has 2 amide bonds. The molecular weight excluding hydrogens is 331 g/mol. The fourth-order valence-electron chi connectivity index (χ4n) is 2.33. The molecule has 0 aliphatic carbocycles. The van der Waals surface area contributed by atoms with Crippen LogP contribution in [0.2, 0.25) is 0 Å². The van der Waals surface area contributed by atoms with Crippen LogP contribution in [0.1, 0.15) is 11.1 Å². The average molecular weight is 352 g/mol. The zero-order valence-corrected chi connectivity index (χ0v) is 14.2. The van der Waals surface area contributed by atoms with Crippen molar-refractivity contribution in [3.63, 3.8) is 0 Å². The van der Waals surface area contributed by atoms with E-state index in [0.717, 1.165) is 23.3 Å². The molecule has 2 rings (SSSR count). The summed E-state index contributed by atoms with van der Waals surface area (Å²) in [5.74, 6) is -1.86. The Morgan fingerprint density at radius 3 is 2.00 bits per heavy atom. The van der Waals surface area contributed by atoms with Crippen molar-refractivity contribution in [1.82, 2.24) is 10.6 Å². The molecule has 2 aromatic rings. The van der Waals surface area contributed by atoms with Gasteiger partial charge in [0, 0.05) is 18.7 Å². The summed E-state index contributed by atoms with van der Waals surface area (Å²) < 4.78 is 0. The van der Waals surface area contributed by atoms with E-state index >= 15 is 0 Å². The normalized spacial score (nSPS) is 11.8. The molecule has 6 nitrogen and oxygen atoms in total. The number of carbonyl (C=O) groups is 2. The predicted octanol–water partition coefficient (Wildman–Crippen LogP) is 0.598. The van der Waals surface area contributed by atoms with Gasteiger partial charge in [-0.15, -0.1) is 0 Å². The SMILES string of the molecule is O=C(C=CC(=O)NC(Cc1ccccc1)B(O)O)NCc1ccccc1. The first-order valence-corrected chi connectivity index (χ1v) is 8.25. The summed E-state index contributed by atoms with van der Waals surface area (Å²) in [6.07, 6.45) is 2.45. The zero-order valence-electron chi connectivity index (χ0n) is 14.2. The van der Waals surface area contributed by atoms with E-state index in [1.165, 1.54) is 0 Å². The molecule has 26 heavy (non-hydrogen) atoms. The van der Waals surface area contributed by atoms with Crippen LogP contribution in [0.25, 0.3) is 0 Å². The van der Waals surface area contributed by atoms with Gasteiger partial charge in [0.1, 0.15) is 0 Å². The van der Waals surface area contributed by atoms with Gasteiger partial charge >= 0.3 is 7.12 Å². The third-order valence-corrected chi connectivity index (χ3v) is 3.68. The lowest BCUT2D eigenvalue weighted by Gasteiger charge is -2.16. The molecule has 0 bridgehead atoms. The minimum Gasteiger partial charge on any atom is -0.426 e. The van der Waals surface area contributed by atoms with Crippen LogP contribution in [-0.2, 0) is 22.6 Å². The molecule has 1 unspecified atom stereocenters. The Hall–Kier alpha value is -2.90. The van der Waals surface area contributed by atoms with E-state index in [2.05, 4.69) is 10.6 Å². The van der Waals surface area contributed by atoms with Gasteiger partial charge in [-0.1, -0.05) is 60.7 Å². The van der Waals surface area contributed by atoms with E-state index in [0.29, 0.717) is 6.54 Å². The Balaban J connectivity index is 1.82. The molecule has 7 heteroatoms. The molecule has 0 aliphatic heterocycles. The molecule has 4 N–H and O–H groups in total. The highest BCUT2D eigenvalue weighted by molar-refractivity contribution is 6.43. The molecule has 0 radical (unpaired) electrons. The van der Waals surface area contributed by atoms with Crippen molar-refractivity contribution in [2.45, 2.75) is 18.9 Å². The summed E-state index contributed by atoms with van der Waals surface area (Å²) in [7, 11) is -1.71. The van der Waals surface area contributed by atoms with Gasteiger partial charge in [0.2, 0.25) is 11.8 Å². The number of hydrogen-bond acceptors (Lipinski definition) is 4. The smallest absolute Gasteiger partial charge is 0.426 e. The number of benzene rings is 2. The highest BCUT2D eigenvalue weighted by Crippen LogP contribution is 2.04. The predicted molar refractivity (Wildman–Crippen MR) is 99.7 cm³/mol. The second kappa shape index (κ2) is 10.2. The molecule has 0 aliphatic rings. The van der Waals surface area contributed by atoms with E-state index in [1.54, 1.807) is 0 Å². The number of hydrogen-bond donors (Lipinski definition) is 4. The third-order valence-electron chi connectivity index (χ3n) is 3.68. The van der Waals surface area contributed by atoms with Crippen LogP contribution in [0.15, 0.2) is 72.8 Å². The van der Waals surface area contributed by atoms with Crippen LogP contribution in [-0.4, -0.2) is 34.9 Å². The molecular formula is C19H21BN2O4. The first-order valence-electron chi connectivity index (χ1n) is 8.25. The van der Waals surface area contributed by atoms with Gasteiger partial charge in [-0.3, -0.25) is 9.59 Å². The third kappa shape index (κ3) is 6.92. The standard InChI is InChI=1S/C19H21BN2O4/c23-18(21-14-16-9-5-2-6-10-16)11-12-19(24)22-17(20(25)26)13-15-7-3-1-4-8-15/h1-12,17,25-26H,13-14H2,(H,21,23)(H,22,24). The molecule has 134 valence electrons. The number of amides is 2. The Kier molecular flexibility index (Phi) is 7.60. The topological polar surface area (TPSA) is 98.7 Å². The van der Waals surface area contributed by atoms with E-state index in [4.69, 9.17) is 0 Å². The van der Waals surface area contributed by atoms with Gasteiger partial charge in [-0.25, -0.2) is 0 Å². The molecule has 0 fully saturated rings. The summed E-state index contributed by atoms with van der Waals surface area (Å²) in [6, 6.07) is 18.6. The summed E-state index contributed by atoms with van der Waals surface area (Å²) in [5.41, 5.74) is 1.81. The lowest BCUT2D eigenvalue weighted by Crippen LogP contribution is -2.47. The lowest BCUT2D eigenvalue weighted by molar-refractivity contribution is -0.119. The van der Waals surface area contributed by atoms with Crippen molar-refractivity contribution in [2.75, 3.05) is 0 Å². The van der Waals surface area contributed by atoms with E-state index in [9.17, 15) is 19.6 Å².